The van der Waals surface area contributed by atoms with Gasteiger partial charge in [-0.1, -0.05) is 36.4 Å². The molecule has 3 rings (SSSR count). The summed E-state index contributed by atoms with van der Waals surface area (Å²) in [6.07, 6.45) is 6.27. The maximum absolute atomic E-state index is 12.0. The summed E-state index contributed by atoms with van der Waals surface area (Å²) in [5, 5.41) is 0. The van der Waals surface area contributed by atoms with E-state index in [2.05, 4.69) is 0 Å². The van der Waals surface area contributed by atoms with Gasteiger partial charge in [0.05, 0.1) is 12.0 Å². The summed E-state index contributed by atoms with van der Waals surface area (Å²) >= 11 is 0. The van der Waals surface area contributed by atoms with Crippen molar-refractivity contribution in [3.8, 4) is 0 Å². The number of hydrogen-bond acceptors (Lipinski definition) is 2. The lowest BCUT2D eigenvalue weighted by Crippen LogP contribution is -2.22. The van der Waals surface area contributed by atoms with Crippen molar-refractivity contribution in [2.45, 2.75) is 25.4 Å². The molecular formula is C15H14O2. The SMILES string of the molecule is O=C1CC(c2ccccc2)OC2=CCCC=C12. The first kappa shape index (κ1) is 10.3. The summed E-state index contributed by atoms with van der Waals surface area (Å²) < 4.78 is 5.92. The molecular weight excluding hydrogens is 212 g/mol. The molecule has 0 saturated carbocycles. The lowest BCUT2D eigenvalue weighted by Gasteiger charge is -2.28. The fourth-order valence-electron chi connectivity index (χ4n) is 2.34. The molecule has 1 aliphatic carbocycles. The number of ether oxygens (including phenoxy) is 1. The van der Waals surface area contributed by atoms with E-state index >= 15 is 0 Å². The zero-order chi connectivity index (χ0) is 11.7. The Balaban J connectivity index is 1.90. The molecule has 1 heterocycles. The molecule has 1 aromatic carbocycles. The Kier molecular flexibility index (Phi) is 2.56. The van der Waals surface area contributed by atoms with E-state index in [4.69, 9.17) is 4.74 Å². The predicted molar refractivity (Wildman–Crippen MR) is 65.3 cm³/mol. The van der Waals surface area contributed by atoms with E-state index < -0.39 is 0 Å². The van der Waals surface area contributed by atoms with Gasteiger partial charge in [-0.2, -0.15) is 0 Å². The summed E-state index contributed by atoms with van der Waals surface area (Å²) in [5.41, 5.74) is 1.86. The molecule has 0 amide bonds. The van der Waals surface area contributed by atoms with Crippen LogP contribution in [0.3, 0.4) is 0 Å². The minimum Gasteiger partial charge on any atom is -0.485 e. The molecule has 0 bridgehead atoms. The van der Waals surface area contributed by atoms with Gasteiger partial charge in [0.2, 0.25) is 0 Å². The summed E-state index contributed by atoms with van der Waals surface area (Å²) in [6, 6.07) is 9.94. The molecule has 2 heteroatoms. The summed E-state index contributed by atoms with van der Waals surface area (Å²) in [4.78, 5) is 12.0. The second-order valence-electron chi connectivity index (χ2n) is 4.41. The van der Waals surface area contributed by atoms with E-state index in [1.165, 1.54) is 0 Å². The quantitative estimate of drug-likeness (QED) is 0.734. The maximum Gasteiger partial charge on any atom is 0.170 e. The lowest BCUT2D eigenvalue weighted by molar-refractivity contribution is -0.120. The number of rotatable bonds is 1. The van der Waals surface area contributed by atoms with Crippen LogP contribution in [0.2, 0.25) is 0 Å². The van der Waals surface area contributed by atoms with Crippen molar-refractivity contribution < 1.29 is 9.53 Å². The van der Waals surface area contributed by atoms with Crippen LogP contribution >= 0.6 is 0 Å². The van der Waals surface area contributed by atoms with Crippen molar-refractivity contribution in [2.75, 3.05) is 0 Å². The van der Waals surface area contributed by atoms with Crippen LogP contribution in [0.4, 0.5) is 0 Å². The average Bonchev–Trinajstić information content (AvgIpc) is 2.40. The molecule has 1 aromatic rings. The van der Waals surface area contributed by atoms with Gasteiger partial charge < -0.3 is 4.74 Å². The molecule has 0 spiro atoms. The highest BCUT2D eigenvalue weighted by Crippen LogP contribution is 2.36. The number of allylic oxidation sites excluding steroid dienone is 3. The van der Waals surface area contributed by atoms with Crippen LogP contribution in [0.25, 0.3) is 0 Å². The van der Waals surface area contributed by atoms with E-state index in [9.17, 15) is 4.79 Å². The van der Waals surface area contributed by atoms with E-state index in [0.717, 1.165) is 29.7 Å². The van der Waals surface area contributed by atoms with Gasteiger partial charge in [0, 0.05) is 0 Å². The maximum atomic E-state index is 12.0. The van der Waals surface area contributed by atoms with Crippen LogP contribution in [0, 0.1) is 0 Å². The van der Waals surface area contributed by atoms with Crippen molar-refractivity contribution in [3.05, 3.63) is 59.4 Å². The number of Topliss-reactive ketones (excluding diaryl/α,β-unsaturated/α-hetero) is 1. The van der Waals surface area contributed by atoms with Crippen molar-refractivity contribution in [1.29, 1.82) is 0 Å². The van der Waals surface area contributed by atoms with Gasteiger partial charge in [-0.05, 0) is 24.5 Å². The summed E-state index contributed by atoms with van der Waals surface area (Å²) in [5.74, 6) is 0.984. The Bertz CT molecular complexity index is 497. The Morgan fingerprint density at radius 2 is 1.82 bits per heavy atom. The van der Waals surface area contributed by atoms with Crippen molar-refractivity contribution in [3.63, 3.8) is 0 Å². The first-order chi connectivity index (χ1) is 8.34. The highest BCUT2D eigenvalue weighted by Gasteiger charge is 2.30. The molecule has 1 aliphatic heterocycles. The smallest absolute Gasteiger partial charge is 0.170 e. The van der Waals surface area contributed by atoms with E-state index in [1.807, 2.05) is 42.5 Å². The van der Waals surface area contributed by atoms with Gasteiger partial charge >= 0.3 is 0 Å². The number of hydrogen-bond donors (Lipinski definition) is 0. The van der Waals surface area contributed by atoms with Gasteiger partial charge in [0.1, 0.15) is 11.9 Å². The Labute approximate surface area is 101 Å². The zero-order valence-corrected chi connectivity index (χ0v) is 9.56. The molecule has 86 valence electrons. The third kappa shape index (κ3) is 1.91. The fraction of sp³-hybridized carbons (Fsp3) is 0.267. The van der Waals surface area contributed by atoms with Crippen LogP contribution in [0.1, 0.15) is 30.9 Å². The van der Waals surface area contributed by atoms with Crippen molar-refractivity contribution >= 4 is 5.78 Å². The molecule has 2 nitrogen and oxygen atoms in total. The highest BCUT2D eigenvalue weighted by molar-refractivity contribution is 6.00. The standard InChI is InChI=1S/C15H14O2/c16-13-10-15(11-6-2-1-3-7-11)17-14-9-5-4-8-12(13)14/h1-3,6-9,15H,4-5,10H2. The zero-order valence-electron chi connectivity index (χ0n) is 9.56. The second kappa shape index (κ2) is 4.21. The Hall–Kier alpha value is -1.83. The highest BCUT2D eigenvalue weighted by atomic mass is 16.5. The first-order valence-corrected chi connectivity index (χ1v) is 6.00. The van der Waals surface area contributed by atoms with E-state index in [0.29, 0.717) is 6.42 Å². The summed E-state index contributed by atoms with van der Waals surface area (Å²) in [7, 11) is 0. The fourth-order valence-corrected chi connectivity index (χ4v) is 2.34. The number of carbonyl (C=O) groups excluding carboxylic acids is 1. The molecule has 1 fully saturated rings. The molecule has 0 radical (unpaired) electrons. The number of fused-ring (bicyclic) bond motifs is 1. The Morgan fingerprint density at radius 1 is 1.06 bits per heavy atom. The predicted octanol–water partition coefficient (Wildman–Crippen LogP) is 3.32. The molecule has 1 saturated heterocycles. The topological polar surface area (TPSA) is 26.3 Å². The normalized spacial score (nSPS) is 23.3. The number of ketones is 1. The van der Waals surface area contributed by atoms with Gasteiger partial charge in [0.25, 0.3) is 0 Å². The molecule has 2 aliphatic rings. The minimum atomic E-state index is -0.120. The third-order valence-electron chi connectivity index (χ3n) is 3.22. The van der Waals surface area contributed by atoms with Crippen LogP contribution in [-0.4, -0.2) is 5.78 Å². The van der Waals surface area contributed by atoms with Gasteiger partial charge in [-0.15, -0.1) is 0 Å². The van der Waals surface area contributed by atoms with Gasteiger partial charge in [-0.3, -0.25) is 4.79 Å². The molecule has 17 heavy (non-hydrogen) atoms. The second-order valence-corrected chi connectivity index (χ2v) is 4.41. The number of benzene rings is 1. The third-order valence-corrected chi connectivity index (χ3v) is 3.22. The Morgan fingerprint density at radius 3 is 2.65 bits per heavy atom. The van der Waals surface area contributed by atoms with Crippen LogP contribution < -0.4 is 0 Å². The first-order valence-electron chi connectivity index (χ1n) is 6.00. The number of carbonyl (C=O) groups is 1. The van der Waals surface area contributed by atoms with Gasteiger partial charge in [0.15, 0.2) is 5.78 Å². The van der Waals surface area contributed by atoms with Crippen LogP contribution in [0.15, 0.2) is 53.8 Å². The largest absolute Gasteiger partial charge is 0.485 e. The van der Waals surface area contributed by atoms with Crippen molar-refractivity contribution in [2.24, 2.45) is 0 Å². The average molecular weight is 226 g/mol. The molecule has 1 unspecified atom stereocenters. The lowest BCUT2D eigenvalue weighted by atomic mass is 9.92. The van der Waals surface area contributed by atoms with E-state index in [1.54, 1.807) is 0 Å². The monoisotopic (exact) mass is 226 g/mol. The molecule has 0 aromatic heterocycles. The van der Waals surface area contributed by atoms with Crippen LogP contribution in [-0.2, 0) is 9.53 Å². The van der Waals surface area contributed by atoms with E-state index in [-0.39, 0.29) is 11.9 Å². The van der Waals surface area contributed by atoms with Crippen LogP contribution in [0.5, 0.6) is 0 Å². The minimum absolute atomic E-state index is 0.120. The van der Waals surface area contributed by atoms with Crippen molar-refractivity contribution in [1.82, 2.24) is 0 Å². The summed E-state index contributed by atoms with van der Waals surface area (Å²) in [6.45, 7) is 0. The van der Waals surface area contributed by atoms with Gasteiger partial charge in [-0.25, -0.2) is 0 Å². The molecule has 1 atom stereocenters. The molecule has 0 N–H and O–H groups in total.